The van der Waals surface area contributed by atoms with Crippen molar-refractivity contribution < 1.29 is 22.7 Å². The minimum atomic E-state index is -3.47. The molecular formula is C15H24N2O5S. The molecule has 1 amide bonds. The zero-order chi connectivity index (χ0) is 17.6. The summed E-state index contributed by atoms with van der Waals surface area (Å²) in [5.74, 6) is 0.601. The quantitative estimate of drug-likeness (QED) is 0.776. The molecule has 1 atom stereocenters. The van der Waals surface area contributed by atoms with E-state index in [1.165, 1.54) is 18.5 Å². The van der Waals surface area contributed by atoms with Crippen molar-refractivity contribution in [3.05, 3.63) is 18.2 Å². The highest BCUT2D eigenvalue weighted by Gasteiger charge is 2.25. The van der Waals surface area contributed by atoms with Gasteiger partial charge in [0.2, 0.25) is 15.9 Å². The molecule has 1 N–H and O–H groups in total. The third-order valence-corrected chi connectivity index (χ3v) is 4.83. The third kappa shape index (κ3) is 5.40. The summed E-state index contributed by atoms with van der Waals surface area (Å²) in [5.41, 5.74) is 0.455. The van der Waals surface area contributed by atoms with Gasteiger partial charge in [-0.2, -0.15) is 4.31 Å². The summed E-state index contributed by atoms with van der Waals surface area (Å²) in [7, 11) is -0.459. The van der Waals surface area contributed by atoms with Gasteiger partial charge in [-0.05, 0) is 25.5 Å². The first-order valence-electron chi connectivity index (χ1n) is 7.21. The lowest BCUT2D eigenvalue weighted by atomic mass is 10.2. The number of hydrogen-bond acceptors (Lipinski definition) is 5. The Kier molecular flexibility index (Phi) is 6.83. The van der Waals surface area contributed by atoms with Gasteiger partial charge in [0.05, 0.1) is 32.7 Å². The predicted octanol–water partition coefficient (Wildman–Crippen LogP) is 1.70. The molecule has 0 radical (unpaired) electrons. The average Bonchev–Trinajstić information content (AvgIpc) is 2.51. The fourth-order valence-corrected chi connectivity index (χ4v) is 3.19. The maximum atomic E-state index is 12.2. The number of methoxy groups -OCH3 is 2. The van der Waals surface area contributed by atoms with Crippen molar-refractivity contribution in [1.29, 1.82) is 0 Å². The Hall–Kier alpha value is -1.80. The summed E-state index contributed by atoms with van der Waals surface area (Å²) in [4.78, 5) is 12.2. The molecule has 0 fully saturated rings. The van der Waals surface area contributed by atoms with Crippen LogP contribution in [0, 0.1) is 0 Å². The fraction of sp³-hybridized carbons (Fsp3) is 0.533. The number of carbonyl (C=O) groups is 1. The van der Waals surface area contributed by atoms with E-state index in [0.29, 0.717) is 23.6 Å². The molecular weight excluding hydrogens is 320 g/mol. The minimum Gasteiger partial charge on any atom is -0.497 e. The Morgan fingerprint density at radius 2 is 1.96 bits per heavy atom. The predicted molar refractivity (Wildman–Crippen MR) is 89.5 cm³/mol. The number of nitrogens with zero attached hydrogens (tertiary/aromatic N) is 1. The molecule has 1 aromatic carbocycles. The SMILES string of the molecule is CCC(C)N(CC(=O)Nc1ccc(OC)cc1OC)S(C)(=O)=O. The maximum absolute atomic E-state index is 12.2. The number of anilines is 1. The smallest absolute Gasteiger partial charge is 0.239 e. The number of nitrogens with one attached hydrogen (secondary N) is 1. The molecule has 0 aliphatic heterocycles. The van der Waals surface area contributed by atoms with Crippen molar-refractivity contribution in [3.63, 3.8) is 0 Å². The van der Waals surface area contributed by atoms with E-state index < -0.39 is 15.9 Å². The molecule has 7 nitrogen and oxygen atoms in total. The van der Waals surface area contributed by atoms with Crippen LogP contribution in [0.3, 0.4) is 0 Å². The van der Waals surface area contributed by atoms with Crippen LogP contribution in [0.5, 0.6) is 11.5 Å². The highest BCUT2D eigenvalue weighted by molar-refractivity contribution is 7.88. The topological polar surface area (TPSA) is 84.9 Å². The van der Waals surface area contributed by atoms with Crippen LogP contribution < -0.4 is 14.8 Å². The number of benzene rings is 1. The Balaban J connectivity index is 2.91. The second-order valence-corrected chi connectivity index (χ2v) is 7.11. The number of rotatable bonds is 8. The van der Waals surface area contributed by atoms with E-state index in [1.807, 2.05) is 6.92 Å². The van der Waals surface area contributed by atoms with E-state index in [0.717, 1.165) is 6.26 Å². The van der Waals surface area contributed by atoms with Crippen LogP contribution in [0.15, 0.2) is 18.2 Å². The number of ether oxygens (including phenoxy) is 2. The monoisotopic (exact) mass is 344 g/mol. The molecule has 1 aromatic rings. The van der Waals surface area contributed by atoms with Crippen LogP contribution in [-0.2, 0) is 14.8 Å². The van der Waals surface area contributed by atoms with Crippen LogP contribution >= 0.6 is 0 Å². The van der Waals surface area contributed by atoms with Crippen molar-refractivity contribution in [2.75, 3.05) is 32.3 Å². The highest BCUT2D eigenvalue weighted by Crippen LogP contribution is 2.29. The first-order chi connectivity index (χ1) is 10.7. The minimum absolute atomic E-state index is 0.247. The van der Waals surface area contributed by atoms with E-state index in [-0.39, 0.29) is 12.6 Å². The molecule has 0 heterocycles. The van der Waals surface area contributed by atoms with E-state index in [1.54, 1.807) is 25.1 Å². The molecule has 0 saturated heterocycles. The highest BCUT2D eigenvalue weighted by atomic mass is 32.2. The Morgan fingerprint density at radius 3 is 2.43 bits per heavy atom. The lowest BCUT2D eigenvalue weighted by Crippen LogP contribution is -2.42. The normalized spacial score (nSPS) is 12.8. The fourth-order valence-electron chi connectivity index (χ4n) is 2.04. The number of amides is 1. The summed E-state index contributed by atoms with van der Waals surface area (Å²) in [5, 5.41) is 2.67. The van der Waals surface area contributed by atoms with Crippen molar-refractivity contribution >= 4 is 21.6 Å². The zero-order valence-electron chi connectivity index (χ0n) is 14.1. The third-order valence-electron chi connectivity index (χ3n) is 3.49. The summed E-state index contributed by atoms with van der Waals surface area (Å²) in [6.07, 6.45) is 1.71. The number of carbonyl (C=O) groups excluding carboxylic acids is 1. The molecule has 0 aromatic heterocycles. The first-order valence-corrected chi connectivity index (χ1v) is 9.06. The number of sulfonamides is 1. The lowest BCUT2D eigenvalue weighted by Gasteiger charge is -2.25. The van der Waals surface area contributed by atoms with Crippen LogP contribution in [0.4, 0.5) is 5.69 Å². The van der Waals surface area contributed by atoms with Crippen LogP contribution in [0.2, 0.25) is 0 Å². The second kappa shape index (κ2) is 8.16. The van der Waals surface area contributed by atoms with Gasteiger partial charge in [-0.3, -0.25) is 4.79 Å². The van der Waals surface area contributed by atoms with E-state index in [4.69, 9.17) is 9.47 Å². The zero-order valence-corrected chi connectivity index (χ0v) is 14.9. The van der Waals surface area contributed by atoms with Crippen molar-refractivity contribution in [3.8, 4) is 11.5 Å². The van der Waals surface area contributed by atoms with Gasteiger partial charge in [-0.1, -0.05) is 6.92 Å². The number of hydrogen-bond donors (Lipinski definition) is 1. The Bertz CT molecular complexity index is 645. The molecule has 0 saturated carbocycles. The molecule has 1 unspecified atom stereocenters. The van der Waals surface area contributed by atoms with E-state index >= 15 is 0 Å². The first kappa shape index (κ1) is 19.2. The second-order valence-electron chi connectivity index (χ2n) is 5.18. The summed E-state index contributed by atoms with van der Waals surface area (Å²) >= 11 is 0. The summed E-state index contributed by atoms with van der Waals surface area (Å²) in [6.45, 7) is 3.39. The van der Waals surface area contributed by atoms with Gasteiger partial charge >= 0.3 is 0 Å². The van der Waals surface area contributed by atoms with Gasteiger partial charge in [0.1, 0.15) is 11.5 Å². The lowest BCUT2D eigenvalue weighted by molar-refractivity contribution is -0.116. The molecule has 8 heteroatoms. The Labute approximate surface area is 137 Å². The van der Waals surface area contributed by atoms with Crippen LogP contribution in [-0.4, -0.2) is 51.7 Å². The van der Waals surface area contributed by atoms with Crippen molar-refractivity contribution in [2.24, 2.45) is 0 Å². The van der Waals surface area contributed by atoms with Gasteiger partial charge < -0.3 is 14.8 Å². The van der Waals surface area contributed by atoms with Crippen molar-refractivity contribution in [2.45, 2.75) is 26.3 Å². The summed E-state index contributed by atoms with van der Waals surface area (Å²) in [6, 6.07) is 4.71. The standard InChI is InChI=1S/C15H24N2O5S/c1-6-11(2)17(23(5,19)20)10-15(18)16-13-8-7-12(21-3)9-14(13)22-4/h7-9,11H,6,10H2,1-5H3,(H,16,18). The Morgan fingerprint density at radius 1 is 1.30 bits per heavy atom. The molecule has 23 heavy (non-hydrogen) atoms. The van der Waals surface area contributed by atoms with Crippen LogP contribution in [0.1, 0.15) is 20.3 Å². The van der Waals surface area contributed by atoms with Crippen LogP contribution in [0.25, 0.3) is 0 Å². The molecule has 0 bridgehead atoms. The molecule has 0 spiro atoms. The van der Waals surface area contributed by atoms with Gasteiger partial charge in [0.15, 0.2) is 0 Å². The van der Waals surface area contributed by atoms with Gasteiger partial charge in [-0.15, -0.1) is 0 Å². The summed E-state index contributed by atoms with van der Waals surface area (Å²) < 4.78 is 35.1. The van der Waals surface area contributed by atoms with Gasteiger partial charge in [0, 0.05) is 12.1 Å². The molecule has 0 aliphatic carbocycles. The largest absolute Gasteiger partial charge is 0.497 e. The van der Waals surface area contributed by atoms with Gasteiger partial charge in [0.25, 0.3) is 0 Å². The molecule has 0 aliphatic rings. The van der Waals surface area contributed by atoms with Crippen molar-refractivity contribution in [1.82, 2.24) is 4.31 Å². The maximum Gasteiger partial charge on any atom is 0.239 e. The molecule has 1 rings (SSSR count). The van der Waals surface area contributed by atoms with E-state index in [9.17, 15) is 13.2 Å². The average molecular weight is 344 g/mol. The van der Waals surface area contributed by atoms with E-state index in [2.05, 4.69) is 5.32 Å². The molecule has 130 valence electrons. The van der Waals surface area contributed by atoms with Gasteiger partial charge in [-0.25, -0.2) is 8.42 Å².